The lowest BCUT2D eigenvalue weighted by atomic mass is 10.1. The Labute approximate surface area is 155 Å². The fourth-order valence-corrected chi connectivity index (χ4v) is 3.87. The van der Waals surface area contributed by atoms with Crippen molar-refractivity contribution in [2.45, 2.75) is 33.1 Å². The molecule has 0 N–H and O–H groups in total. The van der Waals surface area contributed by atoms with Crippen molar-refractivity contribution in [2.75, 3.05) is 29.4 Å². The first kappa shape index (κ1) is 16.8. The van der Waals surface area contributed by atoms with E-state index in [1.54, 1.807) is 0 Å². The zero-order valence-electron chi connectivity index (χ0n) is 15.7. The Morgan fingerprint density at radius 2 is 1.77 bits per heavy atom. The highest BCUT2D eigenvalue weighted by atomic mass is 15.2. The summed E-state index contributed by atoms with van der Waals surface area (Å²) >= 11 is 0. The van der Waals surface area contributed by atoms with Crippen LogP contribution < -0.4 is 9.80 Å². The van der Waals surface area contributed by atoms with Crippen LogP contribution in [0.2, 0.25) is 0 Å². The van der Waals surface area contributed by atoms with Gasteiger partial charge in [0.2, 0.25) is 0 Å². The third-order valence-electron chi connectivity index (χ3n) is 5.08. The minimum atomic E-state index is 0.973. The highest BCUT2D eigenvalue weighted by Gasteiger charge is 2.17. The van der Waals surface area contributed by atoms with Gasteiger partial charge in [0.15, 0.2) is 0 Å². The van der Waals surface area contributed by atoms with Crippen molar-refractivity contribution in [1.29, 1.82) is 0 Å². The first-order valence-electron chi connectivity index (χ1n) is 9.60. The van der Waals surface area contributed by atoms with Crippen LogP contribution in [-0.2, 0) is 0 Å². The molecule has 4 rings (SSSR count). The monoisotopic (exact) mass is 346 g/mol. The van der Waals surface area contributed by atoms with E-state index in [4.69, 9.17) is 4.98 Å². The summed E-state index contributed by atoms with van der Waals surface area (Å²) in [6.07, 6.45) is 7.36. The summed E-state index contributed by atoms with van der Waals surface area (Å²) in [4.78, 5) is 13.8. The molecule has 134 valence electrons. The summed E-state index contributed by atoms with van der Waals surface area (Å²) in [5.41, 5.74) is 5.87. The van der Waals surface area contributed by atoms with Gasteiger partial charge in [-0.25, -0.2) is 0 Å². The summed E-state index contributed by atoms with van der Waals surface area (Å²) in [6, 6.07) is 13.1. The minimum Gasteiger partial charge on any atom is -0.371 e. The van der Waals surface area contributed by atoms with E-state index in [1.165, 1.54) is 35.3 Å². The average Bonchev–Trinajstić information content (AvgIpc) is 3.20. The number of pyridine rings is 2. The maximum Gasteiger partial charge on any atom is 0.0746 e. The van der Waals surface area contributed by atoms with Crippen LogP contribution in [0.4, 0.5) is 17.1 Å². The molecule has 1 saturated heterocycles. The Hall–Kier alpha value is -2.62. The van der Waals surface area contributed by atoms with Gasteiger partial charge in [0, 0.05) is 60.2 Å². The van der Waals surface area contributed by atoms with Crippen molar-refractivity contribution >= 4 is 28.0 Å². The predicted molar refractivity (Wildman–Crippen MR) is 109 cm³/mol. The van der Waals surface area contributed by atoms with Crippen LogP contribution in [0.15, 0.2) is 48.8 Å². The van der Waals surface area contributed by atoms with E-state index in [2.05, 4.69) is 65.0 Å². The van der Waals surface area contributed by atoms with E-state index in [1.807, 2.05) is 12.4 Å². The molecule has 0 atom stereocenters. The minimum absolute atomic E-state index is 0.973. The SMILES string of the molecule is CCCN(c1ccncc1)c1ccc2c(N3CCCC3)cc(C)nc2c1. The van der Waals surface area contributed by atoms with Gasteiger partial charge in [-0.2, -0.15) is 0 Å². The Morgan fingerprint density at radius 1 is 1.00 bits per heavy atom. The van der Waals surface area contributed by atoms with E-state index in [-0.39, 0.29) is 0 Å². The number of rotatable bonds is 5. The van der Waals surface area contributed by atoms with Gasteiger partial charge >= 0.3 is 0 Å². The topological polar surface area (TPSA) is 32.3 Å². The normalized spacial score (nSPS) is 14.2. The van der Waals surface area contributed by atoms with Gasteiger partial charge in [-0.1, -0.05) is 6.92 Å². The first-order valence-corrected chi connectivity index (χ1v) is 9.60. The second-order valence-corrected chi connectivity index (χ2v) is 7.04. The number of benzene rings is 1. The number of hydrogen-bond donors (Lipinski definition) is 0. The molecule has 1 aliphatic heterocycles. The van der Waals surface area contributed by atoms with Gasteiger partial charge in [0.1, 0.15) is 0 Å². The molecule has 0 spiro atoms. The molecule has 1 fully saturated rings. The molecule has 2 aromatic heterocycles. The van der Waals surface area contributed by atoms with Gasteiger partial charge in [-0.3, -0.25) is 9.97 Å². The van der Waals surface area contributed by atoms with E-state index in [0.717, 1.165) is 37.3 Å². The molecule has 3 aromatic rings. The van der Waals surface area contributed by atoms with Crippen molar-refractivity contribution in [3.63, 3.8) is 0 Å². The molecule has 0 aliphatic carbocycles. The van der Waals surface area contributed by atoms with Crippen molar-refractivity contribution in [2.24, 2.45) is 0 Å². The summed E-state index contributed by atoms with van der Waals surface area (Å²) < 4.78 is 0. The molecular weight excluding hydrogens is 320 g/mol. The second-order valence-electron chi connectivity index (χ2n) is 7.04. The van der Waals surface area contributed by atoms with Crippen LogP contribution in [0.25, 0.3) is 10.9 Å². The smallest absolute Gasteiger partial charge is 0.0746 e. The lowest BCUT2D eigenvalue weighted by Gasteiger charge is -2.25. The van der Waals surface area contributed by atoms with Crippen molar-refractivity contribution in [3.8, 4) is 0 Å². The Balaban J connectivity index is 1.79. The second kappa shape index (κ2) is 7.32. The van der Waals surface area contributed by atoms with Crippen LogP contribution in [-0.4, -0.2) is 29.6 Å². The Morgan fingerprint density at radius 3 is 2.50 bits per heavy atom. The van der Waals surface area contributed by atoms with Crippen LogP contribution in [0.1, 0.15) is 31.9 Å². The van der Waals surface area contributed by atoms with E-state index >= 15 is 0 Å². The highest BCUT2D eigenvalue weighted by molar-refractivity contribution is 5.94. The third kappa shape index (κ3) is 3.24. The van der Waals surface area contributed by atoms with Crippen molar-refractivity contribution in [1.82, 2.24) is 9.97 Å². The predicted octanol–water partition coefficient (Wildman–Crippen LogP) is 5.09. The average molecular weight is 346 g/mol. The molecule has 26 heavy (non-hydrogen) atoms. The fraction of sp³-hybridized carbons (Fsp3) is 0.364. The van der Waals surface area contributed by atoms with Crippen LogP contribution in [0.3, 0.4) is 0 Å². The molecule has 0 unspecified atom stereocenters. The maximum atomic E-state index is 4.84. The largest absolute Gasteiger partial charge is 0.371 e. The van der Waals surface area contributed by atoms with Crippen LogP contribution >= 0.6 is 0 Å². The fourth-order valence-electron chi connectivity index (χ4n) is 3.87. The van der Waals surface area contributed by atoms with Gasteiger partial charge in [-0.15, -0.1) is 0 Å². The number of hydrogen-bond acceptors (Lipinski definition) is 4. The quantitative estimate of drug-likeness (QED) is 0.644. The van der Waals surface area contributed by atoms with Gasteiger partial charge < -0.3 is 9.80 Å². The molecule has 1 aliphatic rings. The number of aryl methyl sites for hydroxylation is 1. The van der Waals surface area contributed by atoms with Crippen molar-refractivity contribution < 1.29 is 0 Å². The number of aromatic nitrogens is 2. The molecule has 0 radical (unpaired) electrons. The summed E-state index contributed by atoms with van der Waals surface area (Å²) in [5, 5.41) is 1.26. The summed E-state index contributed by atoms with van der Waals surface area (Å²) in [7, 11) is 0. The third-order valence-corrected chi connectivity index (χ3v) is 5.08. The molecular formula is C22H26N4. The molecule has 0 saturated carbocycles. The molecule has 3 heterocycles. The van der Waals surface area contributed by atoms with E-state index < -0.39 is 0 Å². The lowest BCUT2D eigenvalue weighted by Crippen LogP contribution is -2.19. The van der Waals surface area contributed by atoms with E-state index in [0.29, 0.717) is 0 Å². The standard InChI is InChI=1S/C22H26N4/c1-3-12-26(18-8-10-23-11-9-18)19-6-7-20-21(16-19)24-17(2)15-22(20)25-13-4-5-14-25/h6-11,15-16H,3-5,12-14H2,1-2H3. The summed E-state index contributed by atoms with van der Waals surface area (Å²) in [6.45, 7) is 7.58. The van der Waals surface area contributed by atoms with Gasteiger partial charge in [-0.05, 0) is 62.6 Å². The van der Waals surface area contributed by atoms with Crippen LogP contribution in [0.5, 0.6) is 0 Å². The van der Waals surface area contributed by atoms with Gasteiger partial charge in [0.05, 0.1) is 5.52 Å². The lowest BCUT2D eigenvalue weighted by molar-refractivity contribution is 0.885. The molecule has 4 nitrogen and oxygen atoms in total. The zero-order chi connectivity index (χ0) is 17.9. The molecule has 0 amide bonds. The van der Waals surface area contributed by atoms with Crippen LogP contribution in [0, 0.1) is 6.92 Å². The molecule has 0 bridgehead atoms. The van der Waals surface area contributed by atoms with Gasteiger partial charge in [0.25, 0.3) is 0 Å². The Kier molecular flexibility index (Phi) is 4.74. The summed E-state index contributed by atoms with van der Waals surface area (Å²) in [5.74, 6) is 0. The zero-order valence-corrected chi connectivity index (χ0v) is 15.7. The number of anilines is 3. The molecule has 1 aromatic carbocycles. The Bertz CT molecular complexity index is 885. The maximum absolute atomic E-state index is 4.84. The van der Waals surface area contributed by atoms with E-state index in [9.17, 15) is 0 Å². The number of fused-ring (bicyclic) bond motifs is 1. The number of nitrogens with zero attached hydrogens (tertiary/aromatic N) is 4. The highest BCUT2D eigenvalue weighted by Crippen LogP contribution is 2.33. The first-order chi connectivity index (χ1) is 12.8. The van der Waals surface area contributed by atoms with Crippen molar-refractivity contribution in [3.05, 3.63) is 54.5 Å². The molecule has 4 heteroatoms.